The molecule has 1 aromatic heterocycles. The van der Waals surface area contributed by atoms with Crippen molar-refractivity contribution in [2.24, 2.45) is 0 Å². The smallest absolute Gasteiger partial charge is 0.227 e. The van der Waals surface area contributed by atoms with Crippen molar-refractivity contribution in [2.75, 3.05) is 16.8 Å². The maximum absolute atomic E-state index is 6.06. The van der Waals surface area contributed by atoms with Gasteiger partial charge in [0.25, 0.3) is 0 Å². The summed E-state index contributed by atoms with van der Waals surface area (Å²) >= 11 is 6.06. The van der Waals surface area contributed by atoms with Crippen molar-refractivity contribution in [1.82, 2.24) is 9.97 Å². The van der Waals surface area contributed by atoms with Crippen LogP contribution in [0.25, 0.3) is 0 Å². The normalized spacial score (nSPS) is 13.4. The van der Waals surface area contributed by atoms with Gasteiger partial charge in [0.15, 0.2) is 0 Å². The van der Waals surface area contributed by atoms with Gasteiger partial charge in [-0.15, -0.1) is 0 Å². The number of anilines is 3. The van der Waals surface area contributed by atoms with E-state index in [1.165, 1.54) is 11.1 Å². The summed E-state index contributed by atoms with van der Waals surface area (Å²) in [6.45, 7) is 3.76. The van der Waals surface area contributed by atoms with Crippen LogP contribution < -0.4 is 10.2 Å². The quantitative estimate of drug-likeness (QED) is 0.740. The highest BCUT2D eigenvalue weighted by molar-refractivity contribution is 6.30. The molecule has 126 valence electrons. The fraction of sp³-hybridized carbons (Fsp3) is 0.200. The van der Waals surface area contributed by atoms with E-state index in [1.54, 1.807) is 0 Å². The number of halogens is 1. The average molecular weight is 351 g/mol. The molecule has 2 heterocycles. The van der Waals surface area contributed by atoms with Crippen molar-refractivity contribution in [1.29, 1.82) is 0 Å². The third-order valence-electron chi connectivity index (χ3n) is 4.35. The Morgan fingerprint density at radius 2 is 1.84 bits per heavy atom. The predicted octanol–water partition coefficient (Wildman–Crippen LogP) is 4.74. The first kappa shape index (κ1) is 15.9. The highest BCUT2D eigenvalue weighted by Gasteiger charge is 2.18. The molecule has 0 atom stereocenters. The second-order valence-electron chi connectivity index (χ2n) is 6.27. The van der Waals surface area contributed by atoms with Crippen molar-refractivity contribution >= 4 is 29.1 Å². The molecule has 4 rings (SSSR count). The maximum atomic E-state index is 6.06. The number of aromatic nitrogens is 2. The average Bonchev–Trinajstić information content (AvgIpc) is 2.61. The topological polar surface area (TPSA) is 41.1 Å². The number of hydrogen-bond donors (Lipinski definition) is 1. The summed E-state index contributed by atoms with van der Waals surface area (Å²) in [5, 5.41) is 4.02. The third-order valence-corrected chi connectivity index (χ3v) is 4.59. The number of rotatable bonds is 3. The molecule has 3 aromatic rings. The summed E-state index contributed by atoms with van der Waals surface area (Å²) in [5.74, 6) is 1.54. The van der Waals surface area contributed by atoms with Crippen molar-refractivity contribution < 1.29 is 0 Å². The fourth-order valence-corrected chi connectivity index (χ4v) is 3.33. The van der Waals surface area contributed by atoms with Gasteiger partial charge in [-0.2, -0.15) is 4.98 Å². The minimum absolute atomic E-state index is 0.698. The predicted molar refractivity (Wildman–Crippen MR) is 103 cm³/mol. The van der Waals surface area contributed by atoms with Crippen LogP contribution in [0, 0.1) is 6.92 Å². The largest absolute Gasteiger partial charge is 0.340 e. The first-order chi connectivity index (χ1) is 12.2. The molecule has 0 amide bonds. The summed E-state index contributed by atoms with van der Waals surface area (Å²) in [7, 11) is 0. The molecule has 0 spiro atoms. The van der Waals surface area contributed by atoms with Crippen LogP contribution in [0.1, 0.15) is 16.8 Å². The number of fused-ring (bicyclic) bond motifs is 1. The molecule has 0 saturated carbocycles. The first-order valence-electron chi connectivity index (χ1n) is 8.37. The molecule has 0 saturated heterocycles. The summed E-state index contributed by atoms with van der Waals surface area (Å²) in [5.41, 5.74) is 4.63. The number of hydrogen-bond acceptors (Lipinski definition) is 4. The zero-order valence-corrected chi connectivity index (χ0v) is 14.8. The van der Waals surface area contributed by atoms with Gasteiger partial charge in [0.1, 0.15) is 5.82 Å². The molecule has 5 heteroatoms. The van der Waals surface area contributed by atoms with E-state index in [-0.39, 0.29) is 0 Å². The number of benzene rings is 2. The molecule has 4 nitrogen and oxygen atoms in total. The molecular weight excluding hydrogens is 332 g/mol. The van der Waals surface area contributed by atoms with Crippen LogP contribution in [-0.4, -0.2) is 16.5 Å². The Morgan fingerprint density at radius 1 is 1.00 bits per heavy atom. The van der Waals surface area contributed by atoms with Crippen LogP contribution in [-0.2, 0) is 13.0 Å². The van der Waals surface area contributed by atoms with Gasteiger partial charge in [0, 0.05) is 35.6 Å². The van der Waals surface area contributed by atoms with Crippen LogP contribution in [0.4, 0.5) is 17.5 Å². The molecule has 2 aromatic carbocycles. The minimum Gasteiger partial charge on any atom is -0.340 e. The van der Waals surface area contributed by atoms with E-state index in [2.05, 4.69) is 39.5 Å². The highest BCUT2D eigenvalue weighted by Crippen LogP contribution is 2.25. The molecule has 0 aliphatic carbocycles. The SMILES string of the molecule is Cc1cc(Nc2cccc(Cl)c2)nc(N2CCc3ccccc3C2)n1. The lowest BCUT2D eigenvalue weighted by Gasteiger charge is -2.29. The van der Waals surface area contributed by atoms with Crippen LogP contribution in [0.3, 0.4) is 0 Å². The Labute approximate surface area is 152 Å². The van der Waals surface area contributed by atoms with Gasteiger partial charge >= 0.3 is 0 Å². The lowest BCUT2D eigenvalue weighted by Crippen LogP contribution is -2.32. The number of nitrogens with one attached hydrogen (secondary N) is 1. The summed E-state index contributed by atoms with van der Waals surface area (Å²) in [4.78, 5) is 11.6. The van der Waals surface area contributed by atoms with E-state index in [9.17, 15) is 0 Å². The van der Waals surface area contributed by atoms with Gasteiger partial charge in [-0.25, -0.2) is 4.98 Å². The van der Waals surface area contributed by atoms with Crippen molar-refractivity contribution in [3.8, 4) is 0 Å². The summed E-state index contributed by atoms with van der Waals surface area (Å²) in [6, 6.07) is 18.2. The molecule has 0 bridgehead atoms. The maximum Gasteiger partial charge on any atom is 0.227 e. The number of aryl methyl sites for hydroxylation is 1. The van der Waals surface area contributed by atoms with Crippen molar-refractivity contribution in [2.45, 2.75) is 19.9 Å². The Kier molecular flexibility index (Phi) is 4.28. The zero-order valence-electron chi connectivity index (χ0n) is 14.0. The monoisotopic (exact) mass is 350 g/mol. The Balaban J connectivity index is 1.60. The Morgan fingerprint density at radius 3 is 2.68 bits per heavy atom. The number of nitrogens with zero attached hydrogens (tertiary/aromatic N) is 3. The molecular formula is C20H19ClN4. The lowest BCUT2D eigenvalue weighted by molar-refractivity contribution is 0.706. The third kappa shape index (κ3) is 3.59. The van der Waals surface area contributed by atoms with Gasteiger partial charge in [-0.05, 0) is 42.7 Å². The molecule has 0 fully saturated rings. The van der Waals surface area contributed by atoms with Gasteiger partial charge in [0.2, 0.25) is 5.95 Å². The molecule has 25 heavy (non-hydrogen) atoms. The Hall–Kier alpha value is -2.59. The highest BCUT2D eigenvalue weighted by atomic mass is 35.5. The fourth-order valence-electron chi connectivity index (χ4n) is 3.14. The van der Waals surface area contributed by atoms with E-state index >= 15 is 0 Å². The second kappa shape index (κ2) is 6.73. The van der Waals surface area contributed by atoms with Crippen molar-refractivity contribution in [3.63, 3.8) is 0 Å². The van der Waals surface area contributed by atoms with Gasteiger partial charge in [-0.3, -0.25) is 0 Å². The van der Waals surface area contributed by atoms with E-state index in [1.807, 2.05) is 37.3 Å². The first-order valence-corrected chi connectivity index (χ1v) is 8.75. The molecule has 0 radical (unpaired) electrons. The molecule has 1 aliphatic rings. The van der Waals surface area contributed by atoms with Crippen LogP contribution in [0.15, 0.2) is 54.6 Å². The molecule has 1 aliphatic heterocycles. The van der Waals surface area contributed by atoms with Crippen molar-refractivity contribution in [3.05, 3.63) is 76.4 Å². The summed E-state index contributed by atoms with van der Waals surface area (Å²) < 4.78 is 0. The van der Waals surface area contributed by atoms with Gasteiger partial charge < -0.3 is 10.2 Å². The lowest BCUT2D eigenvalue weighted by atomic mass is 10.0. The van der Waals surface area contributed by atoms with Gasteiger partial charge in [-0.1, -0.05) is 41.9 Å². The second-order valence-corrected chi connectivity index (χ2v) is 6.71. The molecule has 1 N–H and O–H groups in total. The standard InChI is InChI=1S/C20H19ClN4/c1-14-11-19(23-18-8-4-7-17(21)12-18)24-20(22-14)25-10-9-15-5-2-3-6-16(15)13-25/h2-8,11-12H,9-10,13H2,1H3,(H,22,23,24). The Bertz CT molecular complexity index is 910. The van der Waals surface area contributed by atoms with E-state index in [0.29, 0.717) is 5.02 Å². The van der Waals surface area contributed by atoms with Crippen LogP contribution in [0.5, 0.6) is 0 Å². The zero-order chi connectivity index (χ0) is 17.2. The van der Waals surface area contributed by atoms with E-state index < -0.39 is 0 Å². The van der Waals surface area contributed by atoms with Crippen LogP contribution >= 0.6 is 11.6 Å². The minimum atomic E-state index is 0.698. The molecule has 0 unspecified atom stereocenters. The van der Waals surface area contributed by atoms with Gasteiger partial charge in [0.05, 0.1) is 0 Å². The van der Waals surface area contributed by atoms with E-state index in [4.69, 9.17) is 16.6 Å². The van der Waals surface area contributed by atoms with Crippen LogP contribution in [0.2, 0.25) is 5.02 Å². The summed E-state index contributed by atoms with van der Waals surface area (Å²) in [6.07, 6.45) is 1.02. The van der Waals surface area contributed by atoms with E-state index in [0.717, 1.165) is 42.7 Å².